The van der Waals surface area contributed by atoms with Crippen molar-refractivity contribution in [2.24, 2.45) is 0 Å². The van der Waals surface area contributed by atoms with Crippen LogP contribution in [0.2, 0.25) is 0 Å². The minimum absolute atomic E-state index is 0.299. The van der Waals surface area contributed by atoms with Crippen molar-refractivity contribution >= 4 is 28.2 Å². The number of nitrogens with one attached hydrogen (secondary N) is 1. The van der Waals surface area contributed by atoms with Crippen LogP contribution in [0.4, 0.5) is 5.00 Å². The Kier molecular flexibility index (Phi) is 5.14. The molecule has 1 amide bonds. The van der Waals surface area contributed by atoms with Crippen molar-refractivity contribution in [3.8, 4) is 11.1 Å². The SMILES string of the molecule is COC(=O)c1c(-c2cc(C)ccc2C)csc1NC(=O)c1ccncc1. The van der Waals surface area contributed by atoms with E-state index in [2.05, 4.69) is 10.3 Å². The second-order valence-electron chi connectivity index (χ2n) is 5.85. The summed E-state index contributed by atoms with van der Waals surface area (Å²) in [5, 5.41) is 5.16. The summed E-state index contributed by atoms with van der Waals surface area (Å²) in [6, 6.07) is 9.30. The first-order valence-electron chi connectivity index (χ1n) is 8.00. The molecule has 3 aromatic rings. The zero-order valence-corrected chi connectivity index (χ0v) is 15.5. The molecule has 132 valence electrons. The number of ether oxygens (including phenoxy) is 1. The predicted molar refractivity (Wildman–Crippen MR) is 103 cm³/mol. The van der Waals surface area contributed by atoms with E-state index in [0.29, 0.717) is 16.1 Å². The Hall–Kier alpha value is -2.99. The number of esters is 1. The molecule has 0 atom stereocenters. The van der Waals surface area contributed by atoms with Gasteiger partial charge >= 0.3 is 5.97 Å². The first-order chi connectivity index (χ1) is 12.5. The number of pyridine rings is 1. The molecule has 0 unspecified atom stereocenters. The Morgan fingerprint density at radius 1 is 1.08 bits per heavy atom. The minimum Gasteiger partial charge on any atom is -0.465 e. The predicted octanol–water partition coefficient (Wildman–Crippen LogP) is 4.47. The number of rotatable bonds is 4. The maximum atomic E-state index is 12.5. The zero-order chi connectivity index (χ0) is 18.7. The van der Waals surface area contributed by atoms with E-state index >= 15 is 0 Å². The number of anilines is 1. The van der Waals surface area contributed by atoms with E-state index in [0.717, 1.165) is 22.3 Å². The van der Waals surface area contributed by atoms with Crippen molar-refractivity contribution in [1.82, 2.24) is 4.98 Å². The molecule has 0 aliphatic heterocycles. The van der Waals surface area contributed by atoms with Crippen LogP contribution in [-0.2, 0) is 4.74 Å². The number of methoxy groups -OCH3 is 1. The van der Waals surface area contributed by atoms with Crippen LogP contribution in [0.3, 0.4) is 0 Å². The number of amides is 1. The van der Waals surface area contributed by atoms with Crippen LogP contribution in [0, 0.1) is 13.8 Å². The molecule has 2 aromatic heterocycles. The van der Waals surface area contributed by atoms with Crippen molar-refractivity contribution in [2.45, 2.75) is 13.8 Å². The lowest BCUT2D eigenvalue weighted by atomic mass is 9.97. The normalized spacial score (nSPS) is 10.4. The quantitative estimate of drug-likeness (QED) is 0.692. The molecule has 0 spiro atoms. The van der Waals surface area contributed by atoms with E-state index in [9.17, 15) is 9.59 Å². The van der Waals surface area contributed by atoms with Gasteiger partial charge in [0.2, 0.25) is 0 Å². The molecule has 0 fully saturated rings. The Balaban J connectivity index is 2.05. The van der Waals surface area contributed by atoms with Gasteiger partial charge in [0.25, 0.3) is 5.91 Å². The van der Waals surface area contributed by atoms with Crippen molar-refractivity contribution in [3.05, 3.63) is 70.4 Å². The number of thiophene rings is 1. The topological polar surface area (TPSA) is 68.3 Å². The van der Waals surface area contributed by atoms with Gasteiger partial charge in [-0.2, -0.15) is 0 Å². The summed E-state index contributed by atoms with van der Waals surface area (Å²) < 4.78 is 4.96. The standard InChI is InChI=1S/C20H18N2O3S/c1-12-4-5-13(2)15(10-12)16-11-26-19(17(16)20(24)25-3)22-18(23)14-6-8-21-9-7-14/h4-11H,1-3H3,(H,22,23). The lowest BCUT2D eigenvalue weighted by Gasteiger charge is -2.10. The fraction of sp³-hybridized carbons (Fsp3) is 0.150. The van der Waals surface area contributed by atoms with Gasteiger partial charge in [-0.05, 0) is 37.1 Å². The van der Waals surface area contributed by atoms with Gasteiger partial charge < -0.3 is 10.1 Å². The molecule has 0 saturated carbocycles. The van der Waals surface area contributed by atoms with Crippen LogP contribution < -0.4 is 5.32 Å². The molecule has 26 heavy (non-hydrogen) atoms. The first-order valence-corrected chi connectivity index (χ1v) is 8.88. The van der Waals surface area contributed by atoms with Crippen LogP contribution in [0.5, 0.6) is 0 Å². The van der Waals surface area contributed by atoms with Gasteiger partial charge in [-0.25, -0.2) is 4.79 Å². The summed E-state index contributed by atoms with van der Waals surface area (Å²) in [4.78, 5) is 28.8. The molecule has 0 saturated heterocycles. The average Bonchev–Trinajstić information content (AvgIpc) is 3.07. The van der Waals surface area contributed by atoms with Crippen molar-refractivity contribution in [1.29, 1.82) is 0 Å². The fourth-order valence-corrected chi connectivity index (χ4v) is 3.60. The molecule has 6 heteroatoms. The minimum atomic E-state index is -0.479. The maximum Gasteiger partial charge on any atom is 0.341 e. The molecule has 0 radical (unpaired) electrons. The van der Waals surface area contributed by atoms with Gasteiger partial charge in [0, 0.05) is 28.9 Å². The van der Waals surface area contributed by atoms with Crippen LogP contribution in [-0.4, -0.2) is 24.0 Å². The van der Waals surface area contributed by atoms with E-state index in [1.807, 2.05) is 37.4 Å². The number of carbonyl (C=O) groups is 2. The fourth-order valence-electron chi connectivity index (χ4n) is 2.66. The number of nitrogens with zero attached hydrogens (tertiary/aromatic N) is 1. The number of benzene rings is 1. The Morgan fingerprint density at radius 3 is 2.50 bits per heavy atom. The van der Waals surface area contributed by atoms with E-state index in [1.54, 1.807) is 24.5 Å². The summed E-state index contributed by atoms with van der Waals surface area (Å²) in [6.45, 7) is 3.99. The maximum absolute atomic E-state index is 12.5. The third-order valence-corrected chi connectivity index (χ3v) is 4.93. The molecule has 1 N–H and O–H groups in total. The van der Waals surface area contributed by atoms with Crippen molar-refractivity contribution < 1.29 is 14.3 Å². The number of aromatic nitrogens is 1. The monoisotopic (exact) mass is 366 g/mol. The highest BCUT2D eigenvalue weighted by Gasteiger charge is 2.23. The molecule has 3 rings (SSSR count). The highest BCUT2D eigenvalue weighted by atomic mass is 32.1. The largest absolute Gasteiger partial charge is 0.465 e. The zero-order valence-electron chi connectivity index (χ0n) is 14.7. The van der Waals surface area contributed by atoms with Crippen molar-refractivity contribution in [2.75, 3.05) is 12.4 Å². The van der Waals surface area contributed by atoms with Gasteiger partial charge in [-0.3, -0.25) is 9.78 Å². The second kappa shape index (κ2) is 7.49. The van der Waals surface area contributed by atoms with E-state index < -0.39 is 5.97 Å². The smallest absolute Gasteiger partial charge is 0.341 e. The summed E-state index contributed by atoms with van der Waals surface area (Å²) in [7, 11) is 1.33. The molecule has 0 aliphatic rings. The average molecular weight is 366 g/mol. The van der Waals surface area contributed by atoms with Crippen LogP contribution in [0.15, 0.2) is 48.1 Å². The number of carbonyl (C=O) groups excluding carboxylic acids is 2. The number of aryl methyl sites for hydroxylation is 2. The summed E-state index contributed by atoms with van der Waals surface area (Å²) >= 11 is 1.30. The van der Waals surface area contributed by atoms with Gasteiger partial charge in [-0.1, -0.05) is 23.8 Å². The molecule has 0 aliphatic carbocycles. The van der Waals surface area contributed by atoms with E-state index in [-0.39, 0.29) is 5.91 Å². The van der Waals surface area contributed by atoms with Gasteiger partial charge in [0.05, 0.1) is 7.11 Å². The Labute approximate surface area is 155 Å². The lowest BCUT2D eigenvalue weighted by molar-refractivity contribution is 0.0603. The molecule has 5 nitrogen and oxygen atoms in total. The van der Waals surface area contributed by atoms with Gasteiger partial charge in [0.1, 0.15) is 10.6 Å². The highest BCUT2D eigenvalue weighted by molar-refractivity contribution is 7.15. The van der Waals surface area contributed by atoms with Crippen LogP contribution in [0.1, 0.15) is 31.8 Å². The first kappa shape index (κ1) is 17.8. The summed E-state index contributed by atoms with van der Waals surface area (Å²) in [5.41, 5.74) is 4.69. The Morgan fingerprint density at radius 2 is 1.81 bits per heavy atom. The highest BCUT2D eigenvalue weighted by Crippen LogP contribution is 2.38. The van der Waals surface area contributed by atoms with Crippen molar-refractivity contribution in [3.63, 3.8) is 0 Å². The number of hydrogen-bond donors (Lipinski definition) is 1. The van der Waals surface area contributed by atoms with E-state index in [4.69, 9.17) is 4.74 Å². The van der Waals surface area contributed by atoms with Gasteiger partial charge in [-0.15, -0.1) is 11.3 Å². The van der Waals surface area contributed by atoms with E-state index in [1.165, 1.54) is 18.4 Å². The molecular formula is C20H18N2O3S. The summed E-state index contributed by atoms with van der Waals surface area (Å²) in [5.74, 6) is -0.779. The molecule has 2 heterocycles. The third-order valence-electron chi connectivity index (χ3n) is 4.03. The molecule has 0 bridgehead atoms. The summed E-state index contributed by atoms with van der Waals surface area (Å²) in [6.07, 6.45) is 3.10. The third kappa shape index (κ3) is 3.50. The Bertz CT molecular complexity index is 964. The van der Waals surface area contributed by atoms with Crippen LogP contribution >= 0.6 is 11.3 Å². The van der Waals surface area contributed by atoms with Gasteiger partial charge in [0.15, 0.2) is 0 Å². The van der Waals surface area contributed by atoms with Crippen LogP contribution in [0.25, 0.3) is 11.1 Å². The number of hydrogen-bond acceptors (Lipinski definition) is 5. The molecule has 1 aromatic carbocycles. The lowest BCUT2D eigenvalue weighted by Crippen LogP contribution is -2.14. The molecular weight excluding hydrogens is 348 g/mol. The second-order valence-corrected chi connectivity index (χ2v) is 6.73.